The average molecular weight is 233 g/mol. The molecule has 0 atom stereocenters. The van der Waals surface area contributed by atoms with Gasteiger partial charge in [-0.2, -0.15) is 0 Å². The zero-order chi connectivity index (χ0) is 12.4. The predicted molar refractivity (Wildman–Crippen MR) is 67.2 cm³/mol. The maximum absolute atomic E-state index is 11.3. The highest BCUT2D eigenvalue weighted by Crippen LogP contribution is 2.30. The summed E-state index contributed by atoms with van der Waals surface area (Å²) in [6.07, 6.45) is 2.65. The monoisotopic (exact) mass is 233 g/mol. The molecular weight excluding hydrogens is 214 g/mol. The zero-order valence-electron chi connectivity index (χ0n) is 10.4. The van der Waals surface area contributed by atoms with Crippen molar-refractivity contribution >= 4 is 5.78 Å². The van der Waals surface area contributed by atoms with Crippen molar-refractivity contribution in [3.05, 3.63) is 29.3 Å². The molecule has 3 nitrogen and oxygen atoms in total. The molecule has 0 spiro atoms. The minimum absolute atomic E-state index is 0.0381. The third kappa shape index (κ3) is 3.30. The largest absolute Gasteiger partial charge is 0.508 e. The van der Waals surface area contributed by atoms with E-state index in [1.165, 1.54) is 12.8 Å². The first-order valence-corrected chi connectivity index (χ1v) is 6.07. The lowest BCUT2D eigenvalue weighted by atomic mass is 10.1. The summed E-state index contributed by atoms with van der Waals surface area (Å²) in [5.41, 5.74) is 1.50. The van der Waals surface area contributed by atoms with Crippen LogP contribution in [-0.4, -0.2) is 29.4 Å². The van der Waals surface area contributed by atoms with Gasteiger partial charge >= 0.3 is 0 Å². The van der Waals surface area contributed by atoms with Gasteiger partial charge in [-0.05, 0) is 50.9 Å². The molecule has 0 radical (unpaired) electrons. The molecule has 1 saturated carbocycles. The van der Waals surface area contributed by atoms with Crippen molar-refractivity contribution < 1.29 is 9.90 Å². The lowest BCUT2D eigenvalue weighted by Gasteiger charge is -2.17. The van der Waals surface area contributed by atoms with Crippen molar-refractivity contribution in [2.24, 2.45) is 5.92 Å². The lowest BCUT2D eigenvalue weighted by molar-refractivity contribution is 0.101. The van der Waals surface area contributed by atoms with Crippen LogP contribution >= 0.6 is 0 Å². The Kier molecular flexibility index (Phi) is 3.48. The fourth-order valence-corrected chi connectivity index (χ4v) is 2.03. The van der Waals surface area contributed by atoms with Gasteiger partial charge in [-0.15, -0.1) is 0 Å². The Morgan fingerprint density at radius 3 is 2.76 bits per heavy atom. The Morgan fingerprint density at radius 2 is 2.18 bits per heavy atom. The maximum Gasteiger partial charge on any atom is 0.159 e. The number of phenols is 1. The quantitative estimate of drug-likeness (QED) is 0.794. The second-order valence-electron chi connectivity index (χ2n) is 5.04. The summed E-state index contributed by atoms with van der Waals surface area (Å²) in [5, 5.41) is 9.78. The Morgan fingerprint density at radius 1 is 1.47 bits per heavy atom. The average Bonchev–Trinajstić information content (AvgIpc) is 3.04. The van der Waals surface area contributed by atoms with Crippen molar-refractivity contribution in [3.8, 4) is 5.75 Å². The second kappa shape index (κ2) is 4.88. The van der Waals surface area contributed by atoms with Gasteiger partial charge in [0.25, 0.3) is 0 Å². The van der Waals surface area contributed by atoms with Gasteiger partial charge in [0.1, 0.15) is 5.75 Å². The molecule has 1 aliphatic rings. The predicted octanol–water partition coefficient (Wildman–Crippen LogP) is 2.44. The molecule has 0 bridgehead atoms. The highest BCUT2D eigenvalue weighted by atomic mass is 16.3. The van der Waals surface area contributed by atoms with Gasteiger partial charge in [0.05, 0.1) is 0 Å². The molecule has 0 aliphatic heterocycles. The van der Waals surface area contributed by atoms with Crippen molar-refractivity contribution in [1.82, 2.24) is 4.90 Å². The van der Waals surface area contributed by atoms with Crippen molar-refractivity contribution in [1.29, 1.82) is 0 Å². The van der Waals surface area contributed by atoms with Crippen molar-refractivity contribution in [2.45, 2.75) is 26.3 Å². The number of nitrogens with zero attached hydrogens (tertiary/aromatic N) is 1. The number of carbonyl (C=O) groups is 1. The Hall–Kier alpha value is -1.35. The standard InChI is InChI=1S/C14H19NO2/c1-10(16)12-5-6-14(17)13(7-12)9-15(2)8-11-3-4-11/h5-7,11,17H,3-4,8-9H2,1-2H3. The number of ketones is 1. The Bertz CT molecular complexity index is 424. The van der Waals surface area contributed by atoms with E-state index in [4.69, 9.17) is 0 Å². The molecule has 0 heterocycles. The minimum atomic E-state index is 0.0381. The van der Waals surface area contributed by atoms with Crippen LogP contribution in [0.5, 0.6) is 5.75 Å². The van der Waals surface area contributed by atoms with Crippen LogP contribution < -0.4 is 0 Å². The molecule has 2 rings (SSSR count). The highest BCUT2D eigenvalue weighted by molar-refractivity contribution is 5.94. The molecule has 1 aromatic carbocycles. The summed E-state index contributed by atoms with van der Waals surface area (Å²) in [4.78, 5) is 13.5. The number of benzene rings is 1. The SMILES string of the molecule is CC(=O)c1ccc(O)c(CN(C)CC2CC2)c1. The molecule has 1 N–H and O–H groups in total. The maximum atomic E-state index is 11.3. The van der Waals surface area contributed by atoms with Gasteiger partial charge in [-0.3, -0.25) is 4.79 Å². The molecule has 0 unspecified atom stereocenters. The van der Waals surface area contributed by atoms with Crippen LogP contribution in [0.1, 0.15) is 35.7 Å². The van der Waals surface area contributed by atoms with Gasteiger partial charge in [-0.1, -0.05) is 0 Å². The van der Waals surface area contributed by atoms with Crippen LogP contribution in [0.15, 0.2) is 18.2 Å². The molecule has 1 aromatic rings. The molecule has 3 heteroatoms. The number of phenolic OH excluding ortho intramolecular Hbond substituents is 1. The number of hydrogen-bond donors (Lipinski definition) is 1. The van der Waals surface area contributed by atoms with E-state index >= 15 is 0 Å². The molecule has 92 valence electrons. The van der Waals surface area contributed by atoms with Gasteiger partial charge in [0, 0.05) is 24.2 Å². The van der Waals surface area contributed by atoms with Crippen molar-refractivity contribution in [2.75, 3.05) is 13.6 Å². The van der Waals surface area contributed by atoms with Crippen LogP contribution in [0.25, 0.3) is 0 Å². The number of Topliss-reactive ketones (excluding diaryl/α,β-unsaturated/α-hetero) is 1. The van der Waals surface area contributed by atoms with E-state index in [1.54, 1.807) is 25.1 Å². The molecule has 17 heavy (non-hydrogen) atoms. The van der Waals surface area contributed by atoms with E-state index in [9.17, 15) is 9.90 Å². The van der Waals surface area contributed by atoms with Gasteiger partial charge in [0.2, 0.25) is 0 Å². The van der Waals surface area contributed by atoms with Crippen LogP contribution in [-0.2, 0) is 6.54 Å². The molecule has 0 amide bonds. The van der Waals surface area contributed by atoms with Crippen molar-refractivity contribution in [3.63, 3.8) is 0 Å². The molecule has 0 aromatic heterocycles. The van der Waals surface area contributed by atoms with Gasteiger partial charge in [0.15, 0.2) is 5.78 Å². The summed E-state index contributed by atoms with van der Waals surface area (Å²) >= 11 is 0. The summed E-state index contributed by atoms with van der Waals surface area (Å²) in [6, 6.07) is 5.07. The Balaban J connectivity index is 2.07. The third-order valence-electron chi connectivity index (χ3n) is 3.19. The van der Waals surface area contributed by atoms with Gasteiger partial charge < -0.3 is 10.0 Å². The summed E-state index contributed by atoms with van der Waals surface area (Å²) in [5.74, 6) is 1.15. The van der Waals surface area contributed by atoms with E-state index in [-0.39, 0.29) is 11.5 Å². The fraction of sp³-hybridized carbons (Fsp3) is 0.500. The zero-order valence-corrected chi connectivity index (χ0v) is 10.4. The van der Waals surface area contributed by atoms with E-state index in [1.807, 2.05) is 0 Å². The summed E-state index contributed by atoms with van der Waals surface area (Å²) < 4.78 is 0. The smallest absolute Gasteiger partial charge is 0.159 e. The molecule has 1 fully saturated rings. The first-order chi connectivity index (χ1) is 8.06. The number of carbonyl (C=O) groups excluding carboxylic acids is 1. The second-order valence-corrected chi connectivity index (χ2v) is 5.04. The third-order valence-corrected chi connectivity index (χ3v) is 3.19. The van der Waals surface area contributed by atoms with E-state index < -0.39 is 0 Å². The topological polar surface area (TPSA) is 40.5 Å². The molecule has 1 aliphatic carbocycles. The van der Waals surface area contributed by atoms with Crippen LogP contribution in [0.2, 0.25) is 0 Å². The highest BCUT2D eigenvalue weighted by Gasteiger charge is 2.23. The number of rotatable bonds is 5. The molecular formula is C14H19NO2. The van der Waals surface area contributed by atoms with Crippen LogP contribution in [0.3, 0.4) is 0 Å². The normalized spacial score (nSPS) is 15.2. The van der Waals surface area contributed by atoms with E-state index in [0.29, 0.717) is 12.1 Å². The lowest BCUT2D eigenvalue weighted by Crippen LogP contribution is -2.20. The number of hydrogen-bond acceptors (Lipinski definition) is 3. The first kappa shape index (κ1) is 12.1. The summed E-state index contributed by atoms with van der Waals surface area (Å²) in [6.45, 7) is 3.32. The first-order valence-electron chi connectivity index (χ1n) is 6.07. The fourth-order valence-electron chi connectivity index (χ4n) is 2.03. The number of aromatic hydroxyl groups is 1. The Labute approximate surface area is 102 Å². The van der Waals surface area contributed by atoms with Crippen LogP contribution in [0, 0.1) is 5.92 Å². The van der Waals surface area contributed by atoms with E-state index in [0.717, 1.165) is 18.0 Å². The van der Waals surface area contributed by atoms with E-state index in [2.05, 4.69) is 11.9 Å². The summed E-state index contributed by atoms with van der Waals surface area (Å²) in [7, 11) is 2.05. The van der Waals surface area contributed by atoms with Gasteiger partial charge in [-0.25, -0.2) is 0 Å². The van der Waals surface area contributed by atoms with Crippen LogP contribution in [0.4, 0.5) is 0 Å². The molecule has 0 saturated heterocycles. The minimum Gasteiger partial charge on any atom is -0.508 e.